The van der Waals surface area contributed by atoms with Gasteiger partial charge >= 0.3 is 0 Å². The van der Waals surface area contributed by atoms with Gasteiger partial charge in [-0.25, -0.2) is 0 Å². The Morgan fingerprint density at radius 3 is 2.77 bits per heavy atom. The molecule has 0 bridgehead atoms. The molecule has 13 heavy (non-hydrogen) atoms. The van der Waals surface area contributed by atoms with Crippen LogP contribution in [0.25, 0.3) is 0 Å². The maximum Gasteiger partial charge on any atom is 0.119 e. The molecule has 2 atom stereocenters. The van der Waals surface area contributed by atoms with Crippen LogP contribution in [0.3, 0.4) is 0 Å². The number of rotatable bonds is 3. The molecule has 1 fully saturated rings. The van der Waals surface area contributed by atoms with Gasteiger partial charge in [-0.2, -0.15) is 0 Å². The van der Waals surface area contributed by atoms with Crippen LogP contribution in [0.4, 0.5) is 0 Å². The molecule has 72 valence electrons. The van der Waals surface area contributed by atoms with E-state index in [4.69, 9.17) is 5.73 Å². The highest BCUT2D eigenvalue weighted by Crippen LogP contribution is 2.35. The average Bonchev–Trinajstić information content (AvgIpc) is 2.70. The first kappa shape index (κ1) is 8.69. The molecule has 0 aliphatic heterocycles. The number of hydrogen-bond acceptors (Lipinski definition) is 3. The van der Waals surface area contributed by atoms with Gasteiger partial charge in [0.25, 0.3) is 0 Å². The quantitative estimate of drug-likeness (QED) is 0.754. The van der Waals surface area contributed by atoms with Gasteiger partial charge in [-0.3, -0.25) is 0 Å². The van der Waals surface area contributed by atoms with E-state index in [0.29, 0.717) is 6.04 Å². The SMILES string of the molecule is NCCC1CCC(n2cnnc2)C1. The Bertz CT molecular complexity index is 244. The van der Waals surface area contributed by atoms with Crippen molar-refractivity contribution in [1.82, 2.24) is 14.8 Å². The molecule has 0 radical (unpaired) electrons. The van der Waals surface area contributed by atoms with Gasteiger partial charge in [0.05, 0.1) is 0 Å². The summed E-state index contributed by atoms with van der Waals surface area (Å²) in [6.07, 6.45) is 8.60. The normalized spacial score (nSPS) is 28.1. The fourth-order valence-corrected chi connectivity index (χ4v) is 2.21. The number of nitrogens with zero attached hydrogens (tertiary/aromatic N) is 3. The molecule has 0 spiro atoms. The zero-order valence-electron chi connectivity index (χ0n) is 7.76. The zero-order chi connectivity index (χ0) is 9.10. The molecule has 0 aromatic carbocycles. The second-order valence-electron chi connectivity index (χ2n) is 3.82. The molecule has 0 amide bonds. The van der Waals surface area contributed by atoms with Crippen LogP contribution in [0.1, 0.15) is 31.7 Å². The highest BCUT2D eigenvalue weighted by atomic mass is 15.2. The number of hydrogen-bond donors (Lipinski definition) is 1. The van der Waals surface area contributed by atoms with E-state index in [1.165, 1.54) is 25.7 Å². The first-order valence-electron chi connectivity index (χ1n) is 4.94. The molecule has 4 nitrogen and oxygen atoms in total. The van der Waals surface area contributed by atoms with E-state index in [9.17, 15) is 0 Å². The summed E-state index contributed by atoms with van der Waals surface area (Å²) in [7, 11) is 0. The van der Waals surface area contributed by atoms with E-state index in [0.717, 1.165) is 12.5 Å². The van der Waals surface area contributed by atoms with E-state index in [2.05, 4.69) is 14.8 Å². The van der Waals surface area contributed by atoms with Crippen LogP contribution in [0, 0.1) is 5.92 Å². The Hall–Kier alpha value is -0.900. The topological polar surface area (TPSA) is 56.7 Å². The van der Waals surface area contributed by atoms with Crippen LogP contribution in [-0.2, 0) is 0 Å². The van der Waals surface area contributed by atoms with Crippen LogP contribution >= 0.6 is 0 Å². The van der Waals surface area contributed by atoms with E-state index < -0.39 is 0 Å². The third-order valence-electron chi connectivity index (χ3n) is 2.95. The molecule has 4 heteroatoms. The van der Waals surface area contributed by atoms with Crippen molar-refractivity contribution >= 4 is 0 Å². The smallest absolute Gasteiger partial charge is 0.119 e. The molecule has 1 aliphatic rings. The van der Waals surface area contributed by atoms with Crippen molar-refractivity contribution in [3.63, 3.8) is 0 Å². The molecular formula is C9H16N4. The fourth-order valence-electron chi connectivity index (χ4n) is 2.21. The molecule has 1 heterocycles. The Labute approximate surface area is 78.1 Å². The Morgan fingerprint density at radius 2 is 2.08 bits per heavy atom. The van der Waals surface area contributed by atoms with Crippen molar-refractivity contribution in [2.45, 2.75) is 31.7 Å². The lowest BCUT2D eigenvalue weighted by atomic mass is 10.0. The molecule has 1 aromatic rings. The molecule has 0 saturated heterocycles. The van der Waals surface area contributed by atoms with E-state index in [-0.39, 0.29) is 0 Å². The average molecular weight is 180 g/mol. The molecule has 1 saturated carbocycles. The summed E-state index contributed by atoms with van der Waals surface area (Å²) in [6.45, 7) is 0.819. The summed E-state index contributed by atoms with van der Waals surface area (Å²) < 4.78 is 2.12. The second-order valence-corrected chi connectivity index (χ2v) is 3.82. The highest BCUT2D eigenvalue weighted by molar-refractivity contribution is 4.82. The van der Waals surface area contributed by atoms with Crippen LogP contribution in [0.5, 0.6) is 0 Å². The van der Waals surface area contributed by atoms with Crippen molar-refractivity contribution in [2.75, 3.05) is 6.54 Å². The van der Waals surface area contributed by atoms with Crippen LogP contribution in [0.15, 0.2) is 12.7 Å². The highest BCUT2D eigenvalue weighted by Gasteiger charge is 2.24. The van der Waals surface area contributed by atoms with Crippen molar-refractivity contribution < 1.29 is 0 Å². The maximum atomic E-state index is 5.54. The summed E-state index contributed by atoms with van der Waals surface area (Å²) in [5.41, 5.74) is 5.54. The third-order valence-corrected chi connectivity index (χ3v) is 2.95. The summed E-state index contributed by atoms with van der Waals surface area (Å²) in [5.74, 6) is 0.817. The molecule has 1 aliphatic carbocycles. The van der Waals surface area contributed by atoms with Gasteiger partial charge in [0.15, 0.2) is 0 Å². The van der Waals surface area contributed by atoms with Gasteiger partial charge < -0.3 is 10.3 Å². The Kier molecular flexibility index (Phi) is 2.59. The van der Waals surface area contributed by atoms with Crippen molar-refractivity contribution in [2.24, 2.45) is 11.7 Å². The van der Waals surface area contributed by atoms with Crippen molar-refractivity contribution in [3.8, 4) is 0 Å². The first-order chi connectivity index (χ1) is 6.40. The van der Waals surface area contributed by atoms with E-state index in [1.54, 1.807) is 0 Å². The Balaban J connectivity index is 1.91. The third kappa shape index (κ3) is 1.88. The number of aromatic nitrogens is 3. The van der Waals surface area contributed by atoms with Crippen molar-refractivity contribution in [1.29, 1.82) is 0 Å². The standard InChI is InChI=1S/C9H16N4/c10-4-3-8-1-2-9(5-8)13-6-11-12-7-13/h6-9H,1-5,10H2. The second kappa shape index (κ2) is 3.87. The lowest BCUT2D eigenvalue weighted by Gasteiger charge is -2.10. The zero-order valence-corrected chi connectivity index (χ0v) is 7.76. The minimum absolute atomic E-state index is 0.617. The largest absolute Gasteiger partial charge is 0.330 e. The molecule has 2 rings (SSSR count). The number of nitrogens with two attached hydrogens (primary N) is 1. The van der Waals surface area contributed by atoms with E-state index >= 15 is 0 Å². The van der Waals surface area contributed by atoms with Gasteiger partial charge in [-0.1, -0.05) is 0 Å². The lowest BCUT2D eigenvalue weighted by molar-refractivity contribution is 0.459. The fraction of sp³-hybridized carbons (Fsp3) is 0.778. The molecule has 2 N–H and O–H groups in total. The van der Waals surface area contributed by atoms with Gasteiger partial charge in [-0.15, -0.1) is 10.2 Å². The summed E-state index contributed by atoms with van der Waals surface area (Å²) >= 11 is 0. The maximum absolute atomic E-state index is 5.54. The summed E-state index contributed by atoms with van der Waals surface area (Å²) in [6, 6.07) is 0.617. The van der Waals surface area contributed by atoms with Crippen LogP contribution < -0.4 is 5.73 Å². The molecule has 2 unspecified atom stereocenters. The van der Waals surface area contributed by atoms with Gasteiger partial charge in [0.1, 0.15) is 12.7 Å². The lowest BCUT2D eigenvalue weighted by Crippen LogP contribution is -2.07. The van der Waals surface area contributed by atoms with Gasteiger partial charge in [0, 0.05) is 6.04 Å². The van der Waals surface area contributed by atoms with Crippen molar-refractivity contribution in [3.05, 3.63) is 12.7 Å². The Morgan fingerprint density at radius 1 is 1.31 bits per heavy atom. The predicted octanol–water partition coefficient (Wildman–Crippen LogP) is 0.968. The van der Waals surface area contributed by atoms with E-state index in [1.807, 2.05) is 12.7 Å². The first-order valence-corrected chi connectivity index (χ1v) is 4.94. The monoisotopic (exact) mass is 180 g/mol. The van der Waals surface area contributed by atoms with Crippen LogP contribution in [0.2, 0.25) is 0 Å². The summed E-state index contributed by atoms with van der Waals surface area (Å²) in [5, 5.41) is 7.65. The van der Waals surface area contributed by atoms with Crippen LogP contribution in [-0.4, -0.2) is 21.3 Å². The molecular weight excluding hydrogens is 164 g/mol. The summed E-state index contributed by atoms with van der Waals surface area (Å²) in [4.78, 5) is 0. The minimum atomic E-state index is 0.617. The minimum Gasteiger partial charge on any atom is -0.330 e. The predicted molar refractivity (Wildman–Crippen MR) is 50.1 cm³/mol. The molecule has 1 aromatic heterocycles. The van der Waals surface area contributed by atoms with Gasteiger partial charge in [0.2, 0.25) is 0 Å². The van der Waals surface area contributed by atoms with Gasteiger partial charge in [-0.05, 0) is 38.1 Å².